The van der Waals surface area contributed by atoms with E-state index in [4.69, 9.17) is 0 Å². The number of rotatable bonds is 11. The summed E-state index contributed by atoms with van der Waals surface area (Å²) < 4.78 is 0. The Labute approximate surface area is 140 Å². The Bertz CT molecular complexity index is 513. The number of phenolic OH excluding ortho intramolecular Hbond substituents is 2. The first kappa shape index (κ1) is 19.1. The van der Waals surface area contributed by atoms with Gasteiger partial charge in [0, 0.05) is 5.56 Å². The van der Waals surface area contributed by atoms with Gasteiger partial charge in [-0.25, -0.2) is 0 Å². The van der Waals surface area contributed by atoms with Gasteiger partial charge in [0.1, 0.15) is 0 Å². The van der Waals surface area contributed by atoms with Crippen LogP contribution in [-0.4, -0.2) is 10.2 Å². The Morgan fingerprint density at radius 1 is 0.870 bits per heavy atom. The topological polar surface area (TPSA) is 40.5 Å². The van der Waals surface area contributed by atoms with Gasteiger partial charge >= 0.3 is 0 Å². The fraction of sp³-hybridized carbons (Fsp3) is 0.429. The van der Waals surface area contributed by atoms with Crippen molar-refractivity contribution < 1.29 is 10.2 Å². The van der Waals surface area contributed by atoms with Crippen LogP contribution in [0.25, 0.3) is 0 Å². The zero-order valence-electron chi connectivity index (χ0n) is 14.2. The summed E-state index contributed by atoms with van der Waals surface area (Å²) in [4.78, 5) is 0. The molecule has 1 rings (SSSR count). The second-order valence-corrected chi connectivity index (χ2v) is 5.76. The number of para-hydroxylation sites is 1. The minimum absolute atomic E-state index is 0.0250. The molecule has 0 aliphatic carbocycles. The van der Waals surface area contributed by atoms with E-state index in [9.17, 15) is 10.2 Å². The van der Waals surface area contributed by atoms with Crippen molar-refractivity contribution in [3.63, 3.8) is 0 Å². The van der Waals surface area contributed by atoms with Gasteiger partial charge in [-0.1, -0.05) is 81.2 Å². The average Bonchev–Trinajstić information content (AvgIpc) is 2.55. The number of allylic oxidation sites excluding steroid dienone is 6. The lowest BCUT2D eigenvalue weighted by molar-refractivity contribution is 0.400. The minimum atomic E-state index is -0.0636. The summed E-state index contributed by atoms with van der Waals surface area (Å²) in [5, 5.41) is 19.1. The molecular weight excluding hydrogens is 284 g/mol. The van der Waals surface area contributed by atoms with Crippen LogP contribution >= 0.6 is 0 Å². The van der Waals surface area contributed by atoms with Crippen molar-refractivity contribution in [3.8, 4) is 11.5 Å². The smallest absolute Gasteiger partial charge is 0.160 e. The zero-order chi connectivity index (χ0) is 16.8. The van der Waals surface area contributed by atoms with Crippen LogP contribution in [0, 0.1) is 0 Å². The van der Waals surface area contributed by atoms with E-state index >= 15 is 0 Å². The lowest BCUT2D eigenvalue weighted by Gasteiger charge is -2.02. The number of aromatic hydroxyl groups is 2. The van der Waals surface area contributed by atoms with E-state index in [1.165, 1.54) is 44.6 Å². The minimum Gasteiger partial charge on any atom is -0.504 e. The maximum absolute atomic E-state index is 9.68. The Morgan fingerprint density at radius 2 is 1.65 bits per heavy atom. The van der Waals surface area contributed by atoms with Crippen LogP contribution in [0.4, 0.5) is 0 Å². The SMILES string of the molecule is CCCCCCC/C=C\C/C=C/C=C/Cc1cccc(O)c1O. The third-order valence-electron chi connectivity index (χ3n) is 3.73. The van der Waals surface area contributed by atoms with Crippen molar-refractivity contribution in [3.05, 3.63) is 60.2 Å². The lowest BCUT2D eigenvalue weighted by Crippen LogP contribution is -1.82. The van der Waals surface area contributed by atoms with Crippen LogP contribution < -0.4 is 0 Å². The zero-order valence-corrected chi connectivity index (χ0v) is 14.2. The first-order chi connectivity index (χ1) is 11.3. The normalized spacial score (nSPS) is 12.0. The van der Waals surface area contributed by atoms with Crippen molar-refractivity contribution in [1.82, 2.24) is 0 Å². The summed E-state index contributed by atoms with van der Waals surface area (Å²) in [6.45, 7) is 2.24. The molecule has 2 N–H and O–H groups in total. The van der Waals surface area contributed by atoms with Crippen molar-refractivity contribution in [2.75, 3.05) is 0 Å². The Morgan fingerprint density at radius 3 is 2.48 bits per heavy atom. The fourth-order valence-electron chi connectivity index (χ4n) is 2.33. The van der Waals surface area contributed by atoms with Gasteiger partial charge < -0.3 is 10.2 Å². The van der Waals surface area contributed by atoms with Crippen LogP contribution in [0.3, 0.4) is 0 Å². The molecule has 126 valence electrons. The maximum Gasteiger partial charge on any atom is 0.160 e. The van der Waals surface area contributed by atoms with E-state index in [0.717, 1.165) is 12.0 Å². The second kappa shape index (κ2) is 12.6. The van der Waals surface area contributed by atoms with Crippen molar-refractivity contribution in [2.45, 2.75) is 58.3 Å². The molecule has 0 bridgehead atoms. The molecule has 0 spiro atoms. The number of unbranched alkanes of at least 4 members (excludes halogenated alkanes) is 5. The highest BCUT2D eigenvalue weighted by Crippen LogP contribution is 2.28. The van der Waals surface area contributed by atoms with E-state index in [0.29, 0.717) is 6.42 Å². The molecule has 0 aromatic heterocycles. The lowest BCUT2D eigenvalue weighted by atomic mass is 10.1. The summed E-state index contributed by atoms with van der Waals surface area (Å²) in [6, 6.07) is 5.03. The third-order valence-corrected chi connectivity index (χ3v) is 3.73. The molecule has 0 saturated heterocycles. The van der Waals surface area contributed by atoms with E-state index in [1.807, 2.05) is 24.3 Å². The van der Waals surface area contributed by atoms with E-state index in [1.54, 1.807) is 6.07 Å². The van der Waals surface area contributed by atoms with Gasteiger partial charge in [0.25, 0.3) is 0 Å². The van der Waals surface area contributed by atoms with Gasteiger partial charge in [0.15, 0.2) is 11.5 Å². The first-order valence-electron chi connectivity index (χ1n) is 8.72. The molecule has 0 aliphatic rings. The van der Waals surface area contributed by atoms with Gasteiger partial charge in [0.05, 0.1) is 0 Å². The molecule has 1 aromatic carbocycles. The summed E-state index contributed by atoms with van der Waals surface area (Å²) in [6.07, 6.45) is 22.0. The Kier molecular flexibility index (Phi) is 10.4. The average molecular weight is 314 g/mol. The molecule has 23 heavy (non-hydrogen) atoms. The van der Waals surface area contributed by atoms with Crippen LogP contribution in [0.1, 0.15) is 57.4 Å². The maximum atomic E-state index is 9.68. The van der Waals surface area contributed by atoms with Gasteiger partial charge in [-0.05, 0) is 31.7 Å². The molecule has 0 fully saturated rings. The third kappa shape index (κ3) is 8.92. The molecule has 0 heterocycles. The molecule has 0 saturated carbocycles. The van der Waals surface area contributed by atoms with Gasteiger partial charge in [-0.3, -0.25) is 0 Å². The van der Waals surface area contributed by atoms with Gasteiger partial charge in [-0.2, -0.15) is 0 Å². The molecular formula is C21H30O2. The molecule has 0 unspecified atom stereocenters. The second-order valence-electron chi connectivity index (χ2n) is 5.76. The molecule has 0 aliphatic heterocycles. The first-order valence-corrected chi connectivity index (χ1v) is 8.72. The number of hydrogen-bond acceptors (Lipinski definition) is 2. The van der Waals surface area contributed by atoms with Crippen LogP contribution in [0.2, 0.25) is 0 Å². The number of hydrogen-bond donors (Lipinski definition) is 2. The summed E-state index contributed by atoms with van der Waals surface area (Å²) in [7, 11) is 0. The fourth-order valence-corrected chi connectivity index (χ4v) is 2.33. The van der Waals surface area contributed by atoms with Crippen LogP contribution in [0.15, 0.2) is 54.7 Å². The largest absolute Gasteiger partial charge is 0.504 e. The molecule has 2 nitrogen and oxygen atoms in total. The molecule has 0 atom stereocenters. The highest BCUT2D eigenvalue weighted by atomic mass is 16.3. The van der Waals surface area contributed by atoms with Gasteiger partial charge in [-0.15, -0.1) is 0 Å². The van der Waals surface area contributed by atoms with E-state index in [-0.39, 0.29) is 11.5 Å². The highest BCUT2D eigenvalue weighted by molar-refractivity contribution is 5.45. The quantitative estimate of drug-likeness (QED) is 0.225. The monoisotopic (exact) mass is 314 g/mol. The summed E-state index contributed by atoms with van der Waals surface area (Å²) in [5.41, 5.74) is 0.734. The van der Waals surface area contributed by atoms with Gasteiger partial charge in [0.2, 0.25) is 0 Å². The highest BCUT2D eigenvalue weighted by Gasteiger charge is 2.02. The number of benzene rings is 1. The molecule has 0 radical (unpaired) electrons. The molecule has 2 heteroatoms. The number of phenols is 2. The molecule has 1 aromatic rings. The summed E-state index contributed by atoms with van der Waals surface area (Å²) in [5.74, 6) is -0.0886. The van der Waals surface area contributed by atoms with Crippen molar-refractivity contribution in [2.24, 2.45) is 0 Å². The van der Waals surface area contributed by atoms with Crippen molar-refractivity contribution >= 4 is 0 Å². The predicted molar refractivity (Wildman–Crippen MR) is 98.9 cm³/mol. The Balaban J connectivity index is 2.13. The predicted octanol–water partition coefficient (Wildman–Crippen LogP) is 6.06. The van der Waals surface area contributed by atoms with Crippen LogP contribution in [0.5, 0.6) is 11.5 Å². The summed E-state index contributed by atoms with van der Waals surface area (Å²) >= 11 is 0. The standard InChI is InChI=1S/C21H30O2/c1-2-3-4-5-6-7-8-9-10-11-12-13-14-16-19-17-15-18-20(22)21(19)23/h8-9,11-15,17-18,22-23H,2-7,10,16H2,1H3/b9-8-,12-11+,14-13+. The van der Waals surface area contributed by atoms with Crippen molar-refractivity contribution in [1.29, 1.82) is 0 Å². The van der Waals surface area contributed by atoms with E-state index in [2.05, 4.69) is 25.2 Å². The molecule has 0 amide bonds. The Hall–Kier alpha value is -1.96. The van der Waals surface area contributed by atoms with E-state index < -0.39 is 0 Å². The van der Waals surface area contributed by atoms with Crippen LogP contribution in [-0.2, 0) is 6.42 Å².